The van der Waals surface area contributed by atoms with Crippen LogP contribution in [0.3, 0.4) is 0 Å². The zero-order valence-electron chi connectivity index (χ0n) is 16.4. The van der Waals surface area contributed by atoms with Gasteiger partial charge in [-0.3, -0.25) is 0 Å². The number of hydrogen-bond acceptors (Lipinski definition) is 6. The van der Waals surface area contributed by atoms with E-state index in [1.165, 1.54) is 30.6 Å². The number of nitrogen functional groups attached to an aromatic ring is 1. The zero-order valence-corrected chi connectivity index (χ0v) is 16.4. The molecule has 0 aliphatic rings. The first-order valence-electron chi connectivity index (χ1n) is 8.98. The first kappa shape index (κ1) is 20.9. The molecule has 2 aromatic heterocycles. The molecule has 0 saturated carbocycles. The Balaban J connectivity index is 2.01. The Morgan fingerprint density at radius 1 is 1.40 bits per heavy atom. The largest absolute Gasteiger partial charge is 0.436 e. The van der Waals surface area contributed by atoms with Gasteiger partial charge in [0.15, 0.2) is 23.2 Å². The highest BCUT2D eigenvalue weighted by molar-refractivity contribution is 5.82. The number of allylic oxidation sites excluding steroid dienone is 2. The molecule has 0 bridgehead atoms. The molecule has 30 heavy (non-hydrogen) atoms. The van der Waals surface area contributed by atoms with E-state index in [-0.39, 0.29) is 40.6 Å². The van der Waals surface area contributed by atoms with E-state index in [1.54, 1.807) is 19.1 Å². The maximum atomic E-state index is 14.6. The average Bonchev–Trinajstić information content (AvgIpc) is 2.70. The molecular formula is C22H19F2N3O3. The Kier molecular flexibility index (Phi) is 6.06. The number of aryl methyl sites for hydroxylation is 1. The molecule has 0 saturated heterocycles. The lowest BCUT2D eigenvalue weighted by atomic mass is 9.99. The molecule has 2 heterocycles. The highest BCUT2D eigenvalue weighted by Crippen LogP contribution is 2.29. The van der Waals surface area contributed by atoms with Crippen molar-refractivity contribution < 1.29 is 17.9 Å². The number of aliphatic imine (C=N–C) groups is 1. The van der Waals surface area contributed by atoms with Crippen molar-refractivity contribution >= 4 is 23.0 Å². The summed E-state index contributed by atoms with van der Waals surface area (Å²) in [6.45, 7) is 7.04. The predicted molar refractivity (Wildman–Crippen MR) is 112 cm³/mol. The second-order valence-corrected chi connectivity index (χ2v) is 6.42. The van der Waals surface area contributed by atoms with Gasteiger partial charge in [-0.15, -0.1) is 0 Å². The Morgan fingerprint density at radius 2 is 2.17 bits per heavy atom. The molecule has 0 spiro atoms. The van der Waals surface area contributed by atoms with Gasteiger partial charge in [-0.1, -0.05) is 6.08 Å². The van der Waals surface area contributed by atoms with Gasteiger partial charge in [0, 0.05) is 35.8 Å². The molecule has 3 aromatic rings. The molecule has 0 fully saturated rings. The highest BCUT2D eigenvalue weighted by atomic mass is 19.1. The summed E-state index contributed by atoms with van der Waals surface area (Å²) in [6, 6.07) is 3.86. The predicted octanol–water partition coefficient (Wildman–Crippen LogP) is 4.44. The second-order valence-electron chi connectivity index (χ2n) is 6.42. The summed E-state index contributed by atoms with van der Waals surface area (Å²) < 4.78 is 39.4. The highest BCUT2D eigenvalue weighted by Gasteiger charge is 2.18. The number of anilines is 1. The van der Waals surface area contributed by atoms with Crippen LogP contribution in [0.1, 0.15) is 23.6 Å². The smallest absolute Gasteiger partial charge is 0.340 e. The fourth-order valence-corrected chi connectivity index (χ4v) is 2.87. The molecule has 154 valence electrons. The van der Waals surface area contributed by atoms with Crippen LogP contribution in [0.15, 0.2) is 63.2 Å². The summed E-state index contributed by atoms with van der Waals surface area (Å²) in [5, 5.41) is 0.361. The van der Waals surface area contributed by atoms with E-state index < -0.39 is 17.3 Å². The van der Waals surface area contributed by atoms with Crippen LogP contribution in [0, 0.1) is 18.6 Å². The molecule has 0 atom stereocenters. The Hall–Kier alpha value is -3.81. The van der Waals surface area contributed by atoms with Crippen LogP contribution in [0.5, 0.6) is 5.75 Å². The van der Waals surface area contributed by atoms with E-state index in [1.807, 2.05) is 6.92 Å². The third-order valence-corrected chi connectivity index (χ3v) is 4.43. The summed E-state index contributed by atoms with van der Waals surface area (Å²) in [4.78, 5) is 20.1. The van der Waals surface area contributed by atoms with Crippen LogP contribution in [0.4, 0.5) is 14.6 Å². The third-order valence-electron chi connectivity index (χ3n) is 4.43. The van der Waals surface area contributed by atoms with Gasteiger partial charge in [-0.2, -0.15) is 0 Å². The number of nitrogens with zero attached hydrogens (tertiary/aromatic N) is 2. The van der Waals surface area contributed by atoms with Crippen molar-refractivity contribution in [3.63, 3.8) is 0 Å². The summed E-state index contributed by atoms with van der Waals surface area (Å²) >= 11 is 0. The maximum Gasteiger partial charge on any atom is 0.340 e. The molecule has 0 unspecified atom stereocenters. The normalized spacial score (nSPS) is 11.6. The molecule has 1 aromatic carbocycles. The van der Waals surface area contributed by atoms with Gasteiger partial charge in [0.05, 0.1) is 0 Å². The fourth-order valence-electron chi connectivity index (χ4n) is 2.87. The quantitative estimate of drug-likeness (QED) is 0.368. The number of halogens is 2. The van der Waals surface area contributed by atoms with Crippen LogP contribution in [-0.4, -0.2) is 11.2 Å². The van der Waals surface area contributed by atoms with Gasteiger partial charge in [0.1, 0.15) is 5.58 Å². The number of ether oxygens (including phenoxy) is 1. The number of benzene rings is 1. The second kappa shape index (κ2) is 8.69. The molecule has 2 N–H and O–H groups in total. The van der Waals surface area contributed by atoms with Crippen LogP contribution in [-0.2, 0) is 6.42 Å². The molecule has 8 heteroatoms. The number of fused-ring (bicyclic) bond motifs is 1. The monoisotopic (exact) mass is 411 g/mol. The Morgan fingerprint density at radius 3 is 2.90 bits per heavy atom. The SMILES string of the molecule is C=C(/N=C\C=C/C)Oc1cc2oc(=O)c(Cc3ccnc(N)c3F)c(C)c2cc1F. The summed E-state index contributed by atoms with van der Waals surface area (Å²) in [5.41, 5.74) is 5.78. The first-order valence-corrected chi connectivity index (χ1v) is 8.98. The van der Waals surface area contributed by atoms with E-state index in [0.717, 1.165) is 0 Å². The van der Waals surface area contributed by atoms with Gasteiger partial charge in [0.2, 0.25) is 5.88 Å². The van der Waals surface area contributed by atoms with Crippen LogP contribution >= 0.6 is 0 Å². The van der Waals surface area contributed by atoms with Crippen LogP contribution in [0.25, 0.3) is 11.0 Å². The van der Waals surface area contributed by atoms with Gasteiger partial charge >= 0.3 is 5.63 Å². The molecular weight excluding hydrogens is 392 g/mol. The van der Waals surface area contributed by atoms with Gasteiger partial charge in [-0.25, -0.2) is 23.6 Å². The van der Waals surface area contributed by atoms with Crippen molar-refractivity contribution in [3.8, 4) is 5.75 Å². The van der Waals surface area contributed by atoms with Crippen molar-refractivity contribution in [2.75, 3.05) is 5.73 Å². The molecule has 0 aliphatic heterocycles. The number of hydrogen-bond donors (Lipinski definition) is 1. The number of aromatic nitrogens is 1. The average molecular weight is 411 g/mol. The molecule has 0 radical (unpaired) electrons. The standard InChI is InChI=1S/C22H19F2N3O3/c1-4-5-7-26-13(3)29-19-11-18-15(10-17(19)23)12(2)16(22(28)30-18)9-14-6-8-27-21(25)20(14)24/h4-8,10-11H,3,9H2,1-2H3,(H2,25,27)/b5-4-,26-7-. The molecule has 3 rings (SSSR count). The topological polar surface area (TPSA) is 90.7 Å². The number of pyridine rings is 1. The van der Waals surface area contributed by atoms with Crippen molar-refractivity contribution in [2.24, 2.45) is 4.99 Å². The molecule has 6 nitrogen and oxygen atoms in total. The van der Waals surface area contributed by atoms with Crippen molar-refractivity contribution in [1.29, 1.82) is 0 Å². The Labute approximate surface area is 171 Å². The summed E-state index contributed by atoms with van der Waals surface area (Å²) in [6.07, 6.45) is 6.14. The van der Waals surface area contributed by atoms with Crippen molar-refractivity contribution in [1.82, 2.24) is 4.98 Å². The Bertz CT molecular complexity index is 1250. The van der Waals surface area contributed by atoms with E-state index in [9.17, 15) is 13.6 Å². The lowest BCUT2D eigenvalue weighted by Crippen LogP contribution is -2.12. The van der Waals surface area contributed by atoms with Crippen molar-refractivity contribution in [3.05, 3.63) is 87.8 Å². The summed E-state index contributed by atoms with van der Waals surface area (Å²) in [7, 11) is 0. The van der Waals surface area contributed by atoms with E-state index >= 15 is 0 Å². The molecule has 0 aliphatic carbocycles. The van der Waals surface area contributed by atoms with Crippen molar-refractivity contribution in [2.45, 2.75) is 20.3 Å². The molecule has 0 amide bonds. The lowest BCUT2D eigenvalue weighted by Gasteiger charge is -2.11. The van der Waals surface area contributed by atoms with Crippen LogP contribution in [0.2, 0.25) is 0 Å². The fraction of sp³-hybridized carbons (Fsp3) is 0.136. The van der Waals surface area contributed by atoms with E-state index in [2.05, 4.69) is 16.6 Å². The minimum absolute atomic E-state index is 0.0345. The number of rotatable bonds is 6. The van der Waals surface area contributed by atoms with Gasteiger partial charge in [-0.05, 0) is 49.8 Å². The summed E-state index contributed by atoms with van der Waals surface area (Å²) in [5.74, 6) is -1.88. The third kappa shape index (κ3) is 4.27. The minimum atomic E-state index is -0.705. The minimum Gasteiger partial charge on any atom is -0.436 e. The lowest BCUT2D eigenvalue weighted by molar-refractivity contribution is 0.395. The maximum absolute atomic E-state index is 14.6. The van der Waals surface area contributed by atoms with Gasteiger partial charge in [0.25, 0.3) is 0 Å². The zero-order chi connectivity index (χ0) is 21.8. The van der Waals surface area contributed by atoms with E-state index in [0.29, 0.717) is 10.9 Å². The van der Waals surface area contributed by atoms with Gasteiger partial charge < -0.3 is 14.9 Å². The van der Waals surface area contributed by atoms with E-state index in [4.69, 9.17) is 14.9 Å². The first-order chi connectivity index (χ1) is 14.3. The number of nitrogens with two attached hydrogens (primary N) is 1. The van der Waals surface area contributed by atoms with Crippen LogP contribution < -0.4 is 16.1 Å².